The number of imide groups is 1. The van der Waals surface area contributed by atoms with Crippen LogP contribution in [-0.2, 0) is 9.59 Å². The van der Waals surface area contributed by atoms with E-state index in [1.807, 2.05) is 0 Å². The molecule has 1 aromatic carbocycles. The number of amides is 4. The standard InChI is InChI=1S/C19H22F3N3O4/c20-19(21,22)29-14-8-6-13(7-9-14)23-15(26)12-25-16(27)18(24-17(25)28)10-4-2-1-3-5-11-18/h6-9H,1-5,10-12H2,(H,23,26)(H,24,28). The van der Waals surface area contributed by atoms with Crippen LogP contribution in [0.1, 0.15) is 44.9 Å². The molecule has 3 rings (SSSR count). The number of alkyl halides is 3. The second-order valence-electron chi connectivity index (χ2n) is 7.29. The Morgan fingerprint density at radius 1 is 1.07 bits per heavy atom. The Hall–Kier alpha value is -2.78. The highest BCUT2D eigenvalue weighted by atomic mass is 19.4. The summed E-state index contributed by atoms with van der Waals surface area (Å²) in [6.45, 7) is -0.465. The molecule has 1 spiro atoms. The first-order valence-corrected chi connectivity index (χ1v) is 9.48. The van der Waals surface area contributed by atoms with Crippen molar-refractivity contribution in [1.29, 1.82) is 0 Å². The van der Waals surface area contributed by atoms with Crippen LogP contribution in [0.15, 0.2) is 24.3 Å². The third-order valence-corrected chi connectivity index (χ3v) is 5.13. The first-order valence-electron chi connectivity index (χ1n) is 9.48. The molecule has 2 aliphatic rings. The van der Waals surface area contributed by atoms with E-state index in [0.29, 0.717) is 12.8 Å². The summed E-state index contributed by atoms with van der Waals surface area (Å²) in [5.41, 5.74) is -0.716. The van der Waals surface area contributed by atoms with Crippen LogP contribution in [0.25, 0.3) is 0 Å². The fourth-order valence-electron chi connectivity index (χ4n) is 3.75. The van der Waals surface area contributed by atoms with Gasteiger partial charge in [-0.3, -0.25) is 14.5 Å². The van der Waals surface area contributed by atoms with Crippen LogP contribution in [0.2, 0.25) is 0 Å². The summed E-state index contributed by atoms with van der Waals surface area (Å²) >= 11 is 0. The van der Waals surface area contributed by atoms with Crippen molar-refractivity contribution in [2.75, 3.05) is 11.9 Å². The normalized spacial score (nSPS) is 19.5. The van der Waals surface area contributed by atoms with E-state index in [1.165, 1.54) is 12.1 Å². The monoisotopic (exact) mass is 413 g/mol. The number of hydrogen-bond donors (Lipinski definition) is 2. The molecule has 158 valence electrons. The van der Waals surface area contributed by atoms with Crippen LogP contribution < -0.4 is 15.4 Å². The molecule has 4 amide bonds. The van der Waals surface area contributed by atoms with Gasteiger partial charge in [0.25, 0.3) is 5.91 Å². The van der Waals surface area contributed by atoms with Gasteiger partial charge in [0.05, 0.1) is 0 Å². The third kappa shape index (κ3) is 5.18. The molecule has 1 saturated carbocycles. The Balaban J connectivity index is 1.60. The van der Waals surface area contributed by atoms with E-state index in [1.54, 1.807) is 0 Å². The molecule has 0 radical (unpaired) electrons. The number of nitrogens with zero attached hydrogens (tertiary/aromatic N) is 1. The number of ether oxygens (including phenoxy) is 1. The van der Waals surface area contributed by atoms with Gasteiger partial charge >= 0.3 is 12.4 Å². The number of carbonyl (C=O) groups excluding carboxylic acids is 3. The van der Waals surface area contributed by atoms with Crippen molar-refractivity contribution < 1.29 is 32.3 Å². The van der Waals surface area contributed by atoms with Crippen LogP contribution in [0, 0.1) is 0 Å². The van der Waals surface area contributed by atoms with Gasteiger partial charge in [0.15, 0.2) is 0 Å². The summed E-state index contributed by atoms with van der Waals surface area (Å²) in [5.74, 6) is -1.44. The van der Waals surface area contributed by atoms with Crippen molar-refractivity contribution in [2.45, 2.75) is 56.8 Å². The number of nitrogens with one attached hydrogen (secondary N) is 2. The van der Waals surface area contributed by atoms with Gasteiger partial charge in [-0.2, -0.15) is 0 Å². The molecule has 1 aromatic rings. The Labute approximate surface area is 165 Å². The average molecular weight is 413 g/mol. The molecule has 29 heavy (non-hydrogen) atoms. The Bertz CT molecular complexity index is 772. The van der Waals surface area contributed by atoms with Crippen molar-refractivity contribution in [3.05, 3.63) is 24.3 Å². The summed E-state index contributed by atoms with van der Waals surface area (Å²) in [7, 11) is 0. The number of rotatable bonds is 4. The third-order valence-electron chi connectivity index (χ3n) is 5.13. The van der Waals surface area contributed by atoms with E-state index in [0.717, 1.165) is 49.1 Å². The van der Waals surface area contributed by atoms with Gasteiger partial charge < -0.3 is 15.4 Å². The van der Waals surface area contributed by atoms with E-state index in [4.69, 9.17) is 0 Å². The van der Waals surface area contributed by atoms with Crippen LogP contribution in [-0.4, -0.2) is 41.2 Å². The topological polar surface area (TPSA) is 87.7 Å². The number of halogens is 3. The first kappa shape index (κ1) is 20.9. The highest BCUT2D eigenvalue weighted by molar-refractivity contribution is 6.10. The van der Waals surface area contributed by atoms with E-state index in [-0.39, 0.29) is 5.69 Å². The largest absolute Gasteiger partial charge is 0.573 e. The van der Waals surface area contributed by atoms with Crippen LogP contribution in [0.3, 0.4) is 0 Å². The zero-order valence-electron chi connectivity index (χ0n) is 15.7. The molecular formula is C19H22F3N3O4. The molecule has 0 aromatic heterocycles. The smallest absolute Gasteiger partial charge is 0.406 e. The predicted octanol–water partition coefficient (Wildman–Crippen LogP) is 3.56. The lowest BCUT2D eigenvalue weighted by Gasteiger charge is -2.28. The minimum absolute atomic E-state index is 0.220. The molecular weight excluding hydrogens is 391 g/mol. The van der Waals surface area contributed by atoms with Gasteiger partial charge in [0.1, 0.15) is 17.8 Å². The van der Waals surface area contributed by atoms with Gasteiger partial charge in [-0.05, 0) is 37.1 Å². The van der Waals surface area contributed by atoms with Crippen LogP contribution >= 0.6 is 0 Å². The van der Waals surface area contributed by atoms with Gasteiger partial charge in [-0.15, -0.1) is 13.2 Å². The highest BCUT2D eigenvalue weighted by Gasteiger charge is 2.50. The summed E-state index contributed by atoms with van der Waals surface area (Å²) in [6.07, 6.45) is 1.07. The van der Waals surface area contributed by atoms with Crippen LogP contribution in [0.4, 0.5) is 23.7 Å². The van der Waals surface area contributed by atoms with E-state index >= 15 is 0 Å². The number of anilines is 1. The van der Waals surface area contributed by atoms with Gasteiger partial charge in [-0.1, -0.05) is 32.1 Å². The molecule has 1 aliphatic heterocycles. The molecule has 0 atom stereocenters. The minimum atomic E-state index is -4.80. The maximum atomic E-state index is 12.9. The Morgan fingerprint density at radius 2 is 1.66 bits per heavy atom. The van der Waals surface area contributed by atoms with E-state index in [9.17, 15) is 27.6 Å². The van der Waals surface area contributed by atoms with Crippen molar-refractivity contribution >= 4 is 23.5 Å². The summed E-state index contributed by atoms with van der Waals surface area (Å²) in [5, 5.41) is 5.23. The maximum absolute atomic E-state index is 12.9. The summed E-state index contributed by atoms with van der Waals surface area (Å²) in [4.78, 5) is 38.3. The lowest BCUT2D eigenvalue weighted by atomic mass is 9.84. The molecule has 1 aliphatic carbocycles. The number of hydrogen-bond acceptors (Lipinski definition) is 4. The number of carbonyl (C=O) groups is 3. The number of urea groups is 1. The van der Waals surface area contributed by atoms with E-state index in [2.05, 4.69) is 15.4 Å². The highest BCUT2D eigenvalue weighted by Crippen LogP contribution is 2.32. The summed E-state index contributed by atoms with van der Waals surface area (Å²) in [6, 6.07) is 3.99. The van der Waals surface area contributed by atoms with Crippen molar-refractivity contribution in [1.82, 2.24) is 10.2 Å². The molecule has 7 nitrogen and oxygen atoms in total. The quantitative estimate of drug-likeness (QED) is 0.739. The minimum Gasteiger partial charge on any atom is -0.406 e. The zero-order valence-corrected chi connectivity index (χ0v) is 15.7. The Morgan fingerprint density at radius 3 is 2.24 bits per heavy atom. The zero-order chi connectivity index (χ0) is 21.1. The first-order chi connectivity index (χ1) is 13.7. The fourth-order valence-corrected chi connectivity index (χ4v) is 3.75. The van der Waals surface area contributed by atoms with Gasteiger partial charge in [0, 0.05) is 5.69 Å². The van der Waals surface area contributed by atoms with Crippen LogP contribution in [0.5, 0.6) is 5.75 Å². The molecule has 10 heteroatoms. The second-order valence-corrected chi connectivity index (χ2v) is 7.29. The van der Waals surface area contributed by atoms with Crippen molar-refractivity contribution in [3.8, 4) is 5.75 Å². The SMILES string of the molecule is O=C(CN1C(=O)NC2(CCCCCCC2)C1=O)Nc1ccc(OC(F)(F)F)cc1. The molecule has 2 fully saturated rings. The van der Waals surface area contributed by atoms with Crippen molar-refractivity contribution in [3.63, 3.8) is 0 Å². The molecule has 2 N–H and O–H groups in total. The van der Waals surface area contributed by atoms with E-state index < -0.39 is 42.0 Å². The predicted molar refractivity (Wildman–Crippen MR) is 97.0 cm³/mol. The van der Waals surface area contributed by atoms with Gasteiger partial charge in [0.2, 0.25) is 5.91 Å². The molecule has 0 unspecified atom stereocenters. The summed E-state index contributed by atoms with van der Waals surface area (Å²) < 4.78 is 40.3. The lowest BCUT2D eigenvalue weighted by molar-refractivity contribution is -0.274. The Kier molecular flexibility index (Phi) is 5.99. The average Bonchev–Trinajstić information content (AvgIpc) is 2.84. The molecule has 1 saturated heterocycles. The second kappa shape index (κ2) is 8.30. The van der Waals surface area contributed by atoms with Gasteiger partial charge in [-0.25, -0.2) is 4.79 Å². The molecule has 1 heterocycles. The number of benzene rings is 1. The van der Waals surface area contributed by atoms with Crippen molar-refractivity contribution in [2.24, 2.45) is 0 Å². The lowest BCUT2D eigenvalue weighted by Crippen LogP contribution is -2.47. The fraction of sp³-hybridized carbons (Fsp3) is 0.526. The maximum Gasteiger partial charge on any atom is 0.573 e. The molecule has 0 bridgehead atoms.